The zero-order valence-electron chi connectivity index (χ0n) is 14.5. The lowest BCUT2D eigenvalue weighted by Gasteiger charge is -2.22. The normalized spacial score (nSPS) is 13.6. The average Bonchev–Trinajstić information content (AvgIpc) is 3.40. The molecule has 7 heteroatoms. The molecule has 4 rings (SSSR count). The summed E-state index contributed by atoms with van der Waals surface area (Å²) in [7, 11) is 1.77. The molecule has 0 aliphatic carbocycles. The van der Waals surface area contributed by atoms with Crippen LogP contribution in [0.3, 0.4) is 0 Å². The molecule has 2 aromatic heterocycles. The maximum absolute atomic E-state index is 12.7. The molecule has 1 aliphatic rings. The fourth-order valence-electron chi connectivity index (χ4n) is 2.83. The quantitative estimate of drug-likeness (QED) is 0.682. The fraction of sp³-hybridized carbons (Fsp3) is 0.263. The number of carbonyl (C=O) groups is 1. The second kappa shape index (κ2) is 6.84. The van der Waals surface area contributed by atoms with Crippen molar-refractivity contribution in [2.75, 3.05) is 13.8 Å². The minimum absolute atomic E-state index is 0.0232. The lowest BCUT2D eigenvalue weighted by Crippen LogP contribution is -2.28. The number of aromatic nitrogens is 1. The summed E-state index contributed by atoms with van der Waals surface area (Å²) < 4.78 is 16.0. The molecule has 0 radical (unpaired) electrons. The van der Waals surface area contributed by atoms with Crippen molar-refractivity contribution >= 4 is 17.2 Å². The number of hydrogen-bond acceptors (Lipinski definition) is 6. The monoisotopic (exact) mass is 370 g/mol. The van der Waals surface area contributed by atoms with Crippen LogP contribution in [0.2, 0.25) is 0 Å². The molecule has 3 heterocycles. The van der Waals surface area contributed by atoms with E-state index in [-0.39, 0.29) is 24.5 Å². The Bertz CT molecular complexity index is 920. The number of amides is 1. The zero-order valence-corrected chi connectivity index (χ0v) is 15.3. The first-order valence-corrected chi connectivity index (χ1v) is 9.14. The van der Waals surface area contributed by atoms with Crippen LogP contribution in [0.25, 0.3) is 0 Å². The number of benzene rings is 1. The van der Waals surface area contributed by atoms with Gasteiger partial charge in [0, 0.05) is 24.4 Å². The molecule has 0 bridgehead atoms. The number of rotatable bonds is 5. The van der Waals surface area contributed by atoms with Crippen LogP contribution in [0.15, 0.2) is 46.3 Å². The summed E-state index contributed by atoms with van der Waals surface area (Å²) in [5.74, 6) is 1.53. The van der Waals surface area contributed by atoms with Gasteiger partial charge in [-0.15, -0.1) is 11.3 Å². The Labute approximate surface area is 154 Å². The van der Waals surface area contributed by atoms with Gasteiger partial charge in [-0.1, -0.05) is 17.3 Å². The summed E-state index contributed by atoms with van der Waals surface area (Å²) in [6, 6.07) is 11.4. The highest BCUT2D eigenvalue weighted by Gasteiger charge is 2.23. The third kappa shape index (κ3) is 3.17. The van der Waals surface area contributed by atoms with Gasteiger partial charge in [0.25, 0.3) is 5.91 Å². The molecular weight excluding hydrogens is 352 g/mol. The van der Waals surface area contributed by atoms with E-state index < -0.39 is 0 Å². The maximum atomic E-state index is 12.7. The summed E-state index contributed by atoms with van der Waals surface area (Å²) in [6.45, 7) is 2.24. The SMILES string of the molecule is CC(c1cccs1)N(C)C(=O)c1cc(Cc2ccc3c(c2)OCO3)no1. The molecule has 0 N–H and O–H groups in total. The highest BCUT2D eigenvalue weighted by Crippen LogP contribution is 2.33. The first-order chi connectivity index (χ1) is 12.6. The second-order valence-electron chi connectivity index (χ2n) is 6.15. The first-order valence-electron chi connectivity index (χ1n) is 8.26. The van der Waals surface area contributed by atoms with Gasteiger partial charge in [-0.3, -0.25) is 4.79 Å². The Balaban J connectivity index is 1.46. The molecule has 3 aromatic rings. The molecule has 1 aliphatic heterocycles. The van der Waals surface area contributed by atoms with Gasteiger partial charge >= 0.3 is 0 Å². The van der Waals surface area contributed by atoms with Gasteiger partial charge < -0.3 is 18.9 Å². The summed E-state index contributed by atoms with van der Waals surface area (Å²) in [6.07, 6.45) is 0.553. The Morgan fingerprint density at radius 3 is 2.92 bits per heavy atom. The fourth-order valence-corrected chi connectivity index (χ4v) is 3.65. The van der Waals surface area contributed by atoms with Crippen LogP contribution in [-0.2, 0) is 6.42 Å². The van der Waals surface area contributed by atoms with Crippen molar-refractivity contribution in [1.82, 2.24) is 10.1 Å². The van der Waals surface area contributed by atoms with Crippen molar-refractivity contribution in [2.45, 2.75) is 19.4 Å². The molecule has 1 aromatic carbocycles. The second-order valence-corrected chi connectivity index (χ2v) is 7.13. The molecule has 0 saturated carbocycles. The predicted molar refractivity (Wildman–Crippen MR) is 96.7 cm³/mol. The number of ether oxygens (including phenoxy) is 2. The Morgan fingerprint density at radius 2 is 2.12 bits per heavy atom. The van der Waals surface area contributed by atoms with Gasteiger partial charge in [0.05, 0.1) is 11.7 Å². The van der Waals surface area contributed by atoms with Crippen molar-refractivity contribution in [3.05, 3.63) is 63.7 Å². The van der Waals surface area contributed by atoms with Crippen LogP contribution in [0.5, 0.6) is 11.5 Å². The number of thiophene rings is 1. The number of nitrogens with zero attached hydrogens (tertiary/aromatic N) is 2. The Morgan fingerprint density at radius 1 is 1.27 bits per heavy atom. The van der Waals surface area contributed by atoms with Gasteiger partial charge in [0.2, 0.25) is 12.6 Å². The minimum Gasteiger partial charge on any atom is -0.454 e. The average molecular weight is 370 g/mol. The van der Waals surface area contributed by atoms with E-state index in [0.29, 0.717) is 12.1 Å². The van der Waals surface area contributed by atoms with Crippen molar-refractivity contribution in [3.63, 3.8) is 0 Å². The van der Waals surface area contributed by atoms with Crippen LogP contribution in [0, 0.1) is 0 Å². The van der Waals surface area contributed by atoms with Crippen molar-refractivity contribution in [1.29, 1.82) is 0 Å². The largest absolute Gasteiger partial charge is 0.454 e. The molecule has 1 amide bonds. The molecule has 1 unspecified atom stereocenters. The van der Waals surface area contributed by atoms with Crippen LogP contribution in [0.1, 0.15) is 39.7 Å². The molecule has 0 saturated heterocycles. The Hall–Kier alpha value is -2.80. The van der Waals surface area contributed by atoms with Gasteiger partial charge in [-0.2, -0.15) is 0 Å². The lowest BCUT2D eigenvalue weighted by molar-refractivity contribution is 0.0702. The molecule has 6 nitrogen and oxygen atoms in total. The molecule has 134 valence electrons. The van der Waals surface area contributed by atoms with Crippen LogP contribution >= 0.6 is 11.3 Å². The number of fused-ring (bicyclic) bond motifs is 1. The van der Waals surface area contributed by atoms with E-state index in [1.165, 1.54) is 0 Å². The van der Waals surface area contributed by atoms with Crippen LogP contribution in [0.4, 0.5) is 0 Å². The molecule has 0 fully saturated rings. The third-order valence-electron chi connectivity index (χ3n) is 4.45. The number of hydrogen-bond donors (Lipinski definition) is 0. The van der Waals surface area contributed by atoms with Gasteiger partial charge in [0.1, 0.15) is 0 Å². The summed E-state index contributed by atoms with van der Waals surface area (Å²) in [5.41, 5.74) is 1.71. The zero-order chi connectivity index (χ0) is 18.1. The van der Waals surface area contributed by atoms with E-state index in [2.05, 4.69) is 5.16 Å². The van der Waals surface area contributed by atoms with Gasteiger partial charge in [-0.05, 0) is 36.1 Å². The Kier molecular flexibility index (Phi) is 4.38. The predicted octanol–water partition coefficient (Wildman–Crippen LogP) is 3.89. The molecule has 0 spiro atoms. The molecular formula is C19H18N2O4S. The van der Waals surface area contributed by atoms with E-state index in [1.807, 2.05) is 42.6 Å². The topological polar surface area (TPSA) is 64.8 Å². The van der Waals surface area contributed by atoms with E-state index >= 15 is 0 Å². The third-order valence-corrected chi connectivity index (χ3v) is 5.49. The smallest absolute Gasteiger partial charge is 0.292 e. The van der Waals surface area contributed by atoms with Crippen molar-refractivity contribution in [3.8, 4) is 11.5 Å². The van der Waals surface area contributed by atoms with E-state index in [4.69, 9.17) is 14.0 Å². The molecule has 26 heavy (non-hydrogen) atoms. The lowest BCUT2D eigenvalue weighted by atomic mass is 10.1. The van der Waals surface area contributed by atoms with E-state index in [1.54, 1.807) is 29.4 Å². The first kappa shape index (κ1) is 16.7. The summed E-state index contributed by atoms with van der Waals surface area (Å²) in [5, 5.41) is 6.04. The standard InChI is InChI=1S/C19H18N2O4S/c1-12(18-4-3-7-26-18)21(2)19(22)17-10-14(20-25-17)8-13-5-6-15-16(9-13)24-11-23-15/h3-7,9-10,12H,8,11H2,1-2H3. The highest BCUT2D eigenvalue weighted by molar-refractivity contribution is 7.10. The van der Waals surface area contributed by atoms with Gasteiger partial charge in [-0.25, -0.2) is 0 Å². The van der Waals surface area contributed by atoms with Crippen molar-refractivity contribution in [2.24, 2.45) is 0 Å². The highest BCUT2D eigenvalue weighted by atomic mass is 32.1. The van der Waals surface area contributed by atoms with Crippen LogP contribution in [-0.4, -0.2) is 29.8 Å². The van der Waals surface area contributed by atoms with Crippen molar-refractivity contribution < 1.29 is 18.8 Å². The van der Waals surface area contributed by atoms with Gasteiger partial charge in [0.15, 0.2) is 11.5 Å². The summed E-state index contributed by atoms with van der Waals surface area (Å²) >= 11 is 1.63. The van der Waals surface area contributed by atoms with E-state index in [0.717, 1.165) is 21.9 Å². The maximum Gasteiger partial charge on any atom is 0.292 e. The van der Waals surface area contributed by atoms with Crippen LogP contribution < -0.4 is 9.47 Å². The van der Waals surface area contributed by atoms with E-state index in [9.17, 15) is 4.79 Å². The molecule has 1 atom stereocenters. The summed E-state index contributed by atoms with van der Waals surface area (Å²) in [4.78, 5) is 15.4. The minimum atomic E-state index is -0.185. The number of carbonyl (C=O) groups excluding carboxylic acids is 1.